The Balaban J connectivity index is 1.95. The number of halogens is 1. The van der Waals surface area contributed by atoms with Gasteiger partial charge < -0.3 is 15.4 Å². The fraction of sp³-hybridized carbons (Fsp3) is 0.267. The highest BCUT2D eigenvalue weighted by molar-refractivity contribution is 7.16. The minimum atomic E-state index is -0.477. The van der Waals surface area contributed by atoms with Crippen LogP contribution in [0.3, 0.4) is 0 Å². The van der Waals surface area contributed by atoms with E-state index in [9.17, 15) is 4.79 Å². The summed E-state index contributed by atoms with van der Waals surface area (Å²) in [4.78, 5) is 12.9. The zero-order valence-corrected chi connectivity index (χ0v) is 13.4. The lowest BCUT2D eigenvalue weighted by molar-refractivity contribution is -0.124. The van der Waals surface area contributed by atoms with Gasteiger partial charge in [-0.05, 0) is 37.3 Å². The third-order valence-electron chi connectivity index (χ3n) is 2.95. The fourth-order valence-corrected chi connectivity index (χ4v) is 2.72. The number of hydrogen-bond acceptors (Lipinski definition) is 4. The lowest BCUT2D eigenvalue weighted by Gasteiger charge is -2.12. The molecular weight excluding hydrogens is 308 g/mol. The summed E-state index contributed by atoms with van der Waals surface area (Å²) in [6.45, 7) is 2.40. The van der Waals surface area contributed by atoms with Crippen molar-refractivity contribution in [1.29, 1.82) is 0 Å². The quantitative estimate of drug-likeness (QED) is 0.844. The van der Waals surface area contributed by atoms with Crippen LogP contribution in [0.5, 0.6) is 0 Å². The van der Waals surface area contributed by atoms with Crippen LogP contribution in [0.15, 0.2) is 36.4 Å². The Hall–Kier alpha value is -1.56. The molecule has 1 atom stereocenters. The van der Waals surface area contributed by atoms with E-state index in [1.807, 2.05) is 36.4 Å². The number of carbonyl (C=O) groups excluding carboxylic acids is 1. The van der Waals surface area contributed by atoms with Crippen LogP contribution in [-0.2, 0) is 16.1 Å². The summed E-state index contributed by atoms with van der Waals surface area (Å²) in [6.07, 6.45) is -0.477. The highest BCUT2D eigenvalue weighted by Crippen LogP contribution is 2.23. The number of anilines is 2. The van der Waals surface area contributed by atoms with E-state index in [0.717, 1.165) is 20.6 Å². The van der Waals surface area contributed by atoms with Crippen molar-refractivity contribution in [2.75, 3.05) is 17.7 Å². The molecule has 0 fully saturated rings. The minimum Gasteiger partial charge on any atom is -0.380 e. The van der Waals surface area contributed by atoms with Crippen LogP contribution in [0.4, 0.5) is 11.4 Å². The monoisotopic (exact) mass is 324 g/mol. The first-order valence-corrected chi connectivity index (χ1v) is 7.69. The Morgan fingerprint density at radius 3 is 2.76 bits per heavy atom. The zero-order valence-electron chi connectivity index (χ0n) is 11.9. The summed E-state index contributed by atoms with van der Waals surface area (Å²) in [5.41, 5.74) is 1.67. The van der Waals surface area contributed by atoms with Crippen molar-refractivity contribution in [3.8, 4) is 0 Å². The van der Waals surface area contributed by atoms with E-state index in [-0.39, 0.29) is 5.91 Å². The van der Waals surface area contributed by atoms with Gasteiger partial charge in [0, 0.05) is 29.9 Å². The van der Waals surface area contributed by atoms with Gasteiger partial charge >= 0.3 is 0 Å². The molecule has 4 nitrogen and oxygen atoms in total. The minimum absolute atomic E-state index is 0.167. The van der Waals surface area contributed by atoms with Gasteiger partial charge in [0.15, 0.2) is 0 Å². The predicted octanol–water partition coefficient (Wildman–Crippen LogP) is 3.99. The van der Waals surface area contributed by atoms with Gasteiger partial charge in [0.1, 0.15) is 6.10 Å². The fourth-order valence-electron chi connectivity index (χ4n) is 1.69. The number of thiophene rings is 1. The van der Waals surface area contributed by atoms with E-state index in [1.54, 1.807) is 18.3 Å². The number of nitrogens with one attached hydrogen (secondary N) is 2. The topological polar surface area (TPSA) is 50.4 Å². The van der Waals surface area contributed by atoms with Gasteiger partial charge in [-0.15, -0.1) is 11.3 Å². The maximum absolute atomic E-state index is 11.8. The Kier molecular flexibility index (Phi) is 5.61. The average molecular weight is 325 g/mol. The lowest BCUT2D eigenvalue weighted by Crippen LogP contribution is -2.26. The van der Waals surface area contributed by atoms with Gasteiger partial charge in [-0.2, -0.15) is 0 Å². The van der Waals surface area contributed by atoms with Crippen LogP contribution >= 0.6 is 22.9 Å². The second-order valence-electron chi connectivity index (χ2n) is 4.51. The van der Waals surface area contributed by atoms with Gasteiger partial charge in [-0.3, -0.25) is 4.79 Å². The van der Waals surface area contributed by atoms with Crippen LogP contribution < -0.4 is 10.6 Å². The molecule has 0 saturated carbocycles. The summed E-state index contributed by atoms with van der Waals surface area (Å²) in [7, 11) is 1.51. The summed E-state index contributed by atoms with van der Waals surface area (Å²) in [5, 5.41) is 6.11. The molecule has 0 aliphatic heterocycles. The molecule has 0 aliphatic rings. The standard InChI is InChI=1S/C15H17ClN2O2S/c1-10(20-2)15(19)18-12-5-3-4-11(8-12)17-9-13-6-7-14(16)21-13/h3-8,10,17H,9H2,1-2H3,(H,18,19). The number of rotatable bonds is 6. The van der Waals surface area contributed by atoms with Crippen molar-refractivity contribution < 1.29 is 9.53 Å². The molecule has 1 aromatic carbocycles. The lowest BCUT2D eigenvalue weighted by atomic mass is 10.2. The van der Waals surface area contributed by atoms with E-state index < -0.39 is 6.10 Å². The number of hydrogen-bond donors (Lipinski definition) is 2. The number of amides is 1. The normalized spacial score (nSPS) is 12.0. The van der Waals surface area contributed by atoms with Crippen molar-refractivity contribution in [3.63, 3.8) is 0 Å². The first-order chi connectivity index (χ1) is 10.1. The predicted molar refractivity (Wildman–Crippen MR) is 88.2 cm³/mol. The Labute approximate surface area is 133 Å². The second-order valence-corrected chi connectivity index (χ2v) is 6.31. The molecule has 1 aromatic heterocycles. The summed E-state index contributed by atoms with van der Waals surface area (Å²) < 4.78 is 5.76. The molecule has 1 amide bonds. The molecule has 6 heteroatoms. The van der Waals surface area contributed by atoms with E-state index in [1.165, 1.54) is 7.11 Å². The molecule has 1 unspecified atom stereocenters. The molecular formula is C15H17ClN2O2S. The van der Waals surface area contributed by atoms with Crippen LogP contribution in [0, 0.1) is 0 Å². The molecule has 1 heterocycles. The molecule has 0 spiro atoms. The van der Waals surface area contributed by atoms with Crippen LogP contribution in [0.2, 0.25) is 4.34 Å². The molecule has 0 aliphatic carbocycles. The summed E-state index contributed by atoms with van der Waals surface area (Å²) >= 11 is 7.44. The van der Waals surface area contributed by atoms with Gasteiger partial charge in [0.05, 0.1) is 4.34 Å². The Morgan fingerprint density at radius 1 is 1.33 bits per heavy atom. The van der Waals surface area contributed by atoms with Crippen LogP contribution in [0.1, 0.15) is 11.8 Å². The number of benzene rings is 1. The van der Waals surface area contributed by atoms with Crippen molar-refractivity contribution in [1.82, 2.24) is 0 Å². The van der Waals surface area contributed by atoms with E-state index in [2.05, 4.69) is 10.6 Å². The molecule has 0 radical (unpaired) electrons. The summed E-state index contributed by atoms with van der Waals surface area (Å²) in [5.74, 6) is -0.167. The molecule has 0 bridgehead atoms. The number of ether oxygens (including phenoxy) is 1. The SMILES string of the molecule is COC(C)C(=O)Nc1cccc(NCc2ccc(Cl)s2)c1. The van der Waals surface area contributed by atoms with Crippen LogP contribution in [0.25, 0.3) is 0 Å². The largest absolute Gasteiger partial charge is 0.380 e. The van der Waals surface area contributed by atoms with E-state index >= 15 is 0 Å². The van der Waals surface area contributed by atoms with Crippen molar-refractivity contribution in [2.24, 2.45) is 0 Å². The van der Waals surface area contributed by atoms with Gasteiger partial charge in [0.2, 0.25) is 0 Å². The highest BCUT2D eigenvalue weighted by atomic mass is 35.5. The van der Waals surface area contributed by atoms with Crippen LogP contribution in [-0.4, -0.2) is 19.1 Å². The Morgan fingerprint density at radius 2 is 2.10 bits per heavy atom. The van der Waals surface area contributed by atoms with Gasteiger partial charge in [-0.1, -0.05) is 17.7 Å². The molecule has 21 heavy (non-hydrogen) atoms. The van der Waals surface area contributed by atoms with Crippen molar-refractivity contribution in [2.45, 2.75) is 19.6 Å². The molecule has 0 saturated heterocycles. The third-order valence-corrected chi connectivity index (χ3v) is 4.18. The first-order valence-electron chi connectivity index (χ1n) is 6.50. The van der Waals surface area contributed by atoms with Gasteiger partial charge in [0.25, 0.3) is 5.91 Å². The average Bonchev–Trinajstić information content (AvgIpc) is 2.90. The highest BCUT2D eigenvalue weighted by Gasteiger charge is 2.11. The first kappa shape index (κ1) is 15.8. The third kappa shape index (κ3) is 4.74. The number of methoxy groups -OCH3 is 1. The van der Waals surface area contributed by atoms with Gasteiger partial charge in [-0.25, -0.2) is 0 Å². The molecule has 2 rings (SSSR count). The molecule has 2 N–H and O–H groups in total. The van der Waals surface area contributed by atoms with Crippen molar-refractivity contribution in [3.05, 3.63) is 45.6 Å². The smallest absolute Gasteiger partial charge is 0.253 e. The molecule has 2 aromatic rings. The Bertz CT molecular complexity index is 615. The number of carbonyl (C=O) groups is 1. The zero-order chi connectivity index (χ0) is 15.2. The van der Waals surface area contributed by atoms with E-state index in [4.69, 9.17) is 16.3 Å². The maximum Gasteiger partial charge on any atom is 0.253 e. The molecule has 112 valence electrons. The summed E-state index contributed by atoms with van der Waals surface area (Å²) in [6, 6.07) is 11.4. The van der Waals surface area contributed by atoms with E-state index in [0.29, 0.717) is 6.54 Å². The van der Waals surface area contributed by atoms with Crippen molar-refractivity contribution >= 4 is 40.2 Å². The second kappa shape index (κ2) is 7.45. The maximum atomic E-state index is 11.8.